The maximum atomic E-state index is 12.0. The molecule has 10 heteroatoms. The Morgan fingerprint density at radius 1 is 1.05 bits per heavy atom. The minimum Gasteiger partial charge on any atom is -0.487 e. The fourth-order valence-corrected chi connectivity index (χ4v) is 4.34. The molecule has 0 fully saturated rings. The highest BCUT2D eigenvalue weighted by molar-refractivity contribution is 9.10. The molecule has 0 spiro atoms. The Morgan fingerprint density at radius 2 is 1.81 bits per heavy atom. The van der Waals surface area contributed by atoms with Crippen molar-refractivity contribution in [2.45, 2.75) is 26.1 Å². The molecule has 1 amide bonds. The number of nitrogens with one attached hydrogen (secondary N) is 1. The first-order valence-corrected chi connectivity index (χ1v) is 12.7. The third-order valence-electron chi connectivity index (χ3n) is 5.32. The first-order chi connectivity index (χ1) is 17.8. The molecule has 1 atom stereocenters. The molecule has 3 aromatic rings. The van der Waals surface area contributed by atoms with E-state index in [2.05, 4.69) is 21.2 Å². The monoisotopic (exact) mass is 590 g/mol. The van der Waals surface area contributed by atoms with E-state index in [4.69, 9.17) is 31.5 Å². The van der Waals surface area contributed by atoms with Crippen LogP contribution < -0.4 is 20.5 Å². The molecule has 3 aromatic carbocycles. The summed E-state index contributed by atoms with van der Waals surface area (Å²) in [5.41, 5.74) is 8.79. The molecular formula is C27H28BrClN2O6. The van der Waals surface area contributed by atoms with E-state index >= 15 is 0 Å². The molecule has 0 saturated heterocycles. The highest BCUT2D eigenvalue weighted by Crippen LogP contribution is 2.35. The molecule has 3 rings (SSSR count). The Hall–Kier alpha value is -3.11. The Bertz CT molecular complexity index is 1230. The van der Waals surface area contributed by atoms with E-state index in [0.717, 1.165) is 21.2 Å². The number of carbonyl (C=O) groups excluding carboxylic acids is 2. The van der Waals surface area contributed by atoms with Crippen molar-refractivity contribution in [1.29, 1.82) is 0 Å². The van der Waals surface area contributed by atoms with Gasteiger partial charge in [-0.25, -0.2) is 0 Å². The van der Waals surface area contributed by atoms with Crippen LogP contribution in [0.25, 0.3) is 11.1 Å². The summed E-state index contributed by atoms with van der Waals surface area (Å²) in [5, 5.41) is 12.7. The van der Waals surface area contributed by atoms with Gasteiger partial charge in [-0.05, 0) is 40.0 Å². The molecule has 0 bridgehead atoms. The third kappa shape index (κ3) is 7.93. The number of rotatable bonds is 13. The molecule has 8 nitrogen and oxygen atoms in total. The van der Waals surface area contributed by atoms with Crippen molar-refractivity contribution in [1.82, 2.24) is 5.32 Å². The van der Waals surface area contributed by atoms with Crippen molar-refractivity contribution in [2.75, 3.05) is 19.8 Å². The number of nitrogens with two attached hydrogens (primary N) is 1. The van der Waals surface area contributed by atoms with E-state index in [0.29, 0.717) is 22.1 Å². The summed E-state index contributed by atoms with van der Waals surface area (Å²) in [7, 11) is 0. The zero-order valence-electron chi connectivity index (χ0n) is 20.2. The van der Waals surface area contributed by atoms with Gasteiger partial charge in [-0.2, -0.15) is 0 Å². The van der Waals surface area contributed by atoms with Crippen LogP contribution in [0.2, 0.25) is 5.02 Å². The van der Waals surface area contributed by atoms with Crippen molar-refractivity contribution in [3.63, 3.8) is 0 Å². The lowest BCUT2D eigenvalue weighted by Crippen LogP contribution is -2.40. The second kappa shape index (κ2) is 14.0. The summed E-state index contributed by atoms with van der Waals surface area (Å²) in [5.74, 6) is -0.605. The third-order valence-corrected chi connectivity index (χ3v) is 6.56. The fourth-order valence-electron chi connectivity index (χ4n) is 3.49. The predicted molar refractivity (Wildman–Crippen MR) is 144 cm³/mol. The number of aliphatic hydroxyl groups is 1. The number of ether oxygens (including phenoxy) is 3. The first-order valence-electron chi connectivity index (χ1n) is 11.5. The summed E-state index contributed by atoms with van der Waals surface area (Å²) in [6, 6.07) is 18.1. The minimum atomic E-state index is -0.937. The molecule has 0 aliphatic carbocycles. The van der Waals surface area contributed by atoms with Crippen LogP contribution in [0.5, 0.6) is 11.5 Å². The molecule has 4 N–H and O–H groups in total. The van der Waals surface area contributed by atoms with Crippen molar-refractivity contribution < 1.29 is 28.9 Å². The van der Waals surface area contributed by atoms with Crippen LogP contribution in [0.15, 0.2) is 65.1 Å². The van der Waals surface area contributed by atoms with Crippen LogP contribution in [0, 0.1) is 0 Å². The number of benzene rings is 3. The lowest BCUT2D eigenvalue weighted by molar-refractivity contribution is -0.146. The number of primary amides is 1. The van der Waals surface area contributed by atoms with E-state index in [1.165, 1.54) is 0 Å². The van der Waals surface area contributed by atoms with Crippen molar-refractivity contribution >= 4 is 39.4 Å². The molecular weight excluding hydrogens is 564 g/mol. The molecule has 0 heterocycles. The fraction of sp³-hybridized carbons (Fsp3) is 0.259. The SMILES string of the molecule is CCOC(=O)[C@H](CO)NCc1cc(Cl)c(OCc2cccc(-c3ccccc3)c2Br)cc1OCC(N)=O. The van der Waals surface area contributed by atoms with Crippen molar-refractivity contribution in [3.05, 3.63) is 81.3 Å². The van der Waals surface area contributed by atoms with Crippen LogP contribution in [0.4, 0.5) is 0 Å². The average molecular weight is 592 g/mol. The lowest BCUT2D eigenvalue weighted by atomic mass is 10.0. The molecule has 0 aromatic heterocycles. The molecule has 0 unspecified atom stereocenters. The molecule has 196 valence electrons. The number of hydrogen-bond donors (Lipinski definition) is 3. The molecule has 0 aliphatic rings. The van der Waals surface area contributed by atoms with Crippen molar-refractivity contribution in [2.24, 2.45) is 5.73 Å². The summed E-state index contributed by atoms with van der Waals surface area (Å²) in [4.78, 5) is 23.3. The van der Waals surface area contributed by atoms with E-state index in [-0.39, 0.29) is 26.4 Å². The van der Waals surface area contributed by atoms with E-state index in [1.807, 2.05) is 48.5 Å². The van der Waals surface area contributed by atoms with Crippen LogP contribution in [0.3, 0.4) is 0 Å². The van der Waals surface area contributed by atoms with Crippen LogP contribution >= 0.6 is 27.5 Å². The average Bonchev–Trinajstić information content (AvgIpc) is 2.89. The zero-order valence-corrected chi connectivity index (χ0v) is 22.6. The lowest BCUT2D eigenvalue weighted by Gasteiger charge is -2.18. The molecule has 0 radical (unpaired) electrons. The maximum absolute atomic E-state index is 12.0. The smallest absolute Gasteiger partial charge is 0.325 e. The number of esters is 1. The summed E-state index contributed by atoms with van der Waals surface area (Å²) in [6.07, 6.45) is 0. The Labute approximate surface area is 228 Å². The quantitative estimate of drug-likeness (QED) is 0.255. The van der Waals surface area contributed by atoms with Gasteiger partial charge in [-0.1, -0.05) is 60.1 Å². The number of amides is 1. The summed E-state index contributed by atoms with van der Waals surface area (Å²) < 4.78 is 17.5. The Balaban J connectivity index is 1.81. The van der Waals surface area contributed by atoms with E-state index in [1.54, 1.807) is 19.1 Å². The van der Waals surface area contributed by atoms with Gasteiger partial charge in [0.1, 0.15) is 24.1 Å². The van der Waals surface area contributed by atoms with Gasteiger partial charge in [0.25, 0.3) is 5.91 Å². The van der Waals surface area contributed by atoms with Crippen LogP contribution in [0.1, 0.15) is 18.1 Å². The topological polar surface area (TPSA) is 120 Å². The Morgan fingerprint density at radius 3 is 2.49 bits per heavy atom. The van der Waals surface area contributed by atoms with Crippen LogP contribution in [-0.2, 0) is 27.5 Å². The second-order valence-corrected chi connectivity index (χ2v) is 9.15. The largest absolute Gasteiger partial charge is 0.487 e. The molecule has 0 aliphatic heterocycles. The summed E-state index contributed by atoms with van der Waals surface area (Å²) >= 11 is 10.2. The Kier molecular flexibility index (Phi) is 10.8. The number of aliphatic hydroxyl groups excluding tert-OH is 1. The van der Waals surface area contributed by atoms with Crippen molar-refractivity contribution in [3.8, 4) is 22.6 Å². The van der Waals surface area contributed by atoms with Gasteiger partial charge in [-0.15, -0.1) is 0 Å². The normalized spacial score (nSPS) is 11.6. The molecule has 37 heavy (non-hydrogen) atoms. The number of halogens is 2. The minimum absolute atomic E-state index is 0.100. The van der Waals surface area contributed by atoms with Crippen LogP contribution in [-0.4, -0.2) is 42.8 Å². The van der Waals surface area contributed by atoms with E-state index in [9.17, 15) is 14.7 Å². The zero-order chi connectivity index (χ0) is 26.8. The van der Waals surface area contributed by atoms with Gasteiger partial charge in [0.15, 0.2) is 6.61 Å². The van der Waals surface area contributed by atoms with E-state index < -0.39 is 24.5 Å². The summed E-state index contributed by atoms with van der Waals surface area (Å²) in [6.45, 7) is 1.36. The standard InChI is InChI=1S/C27H28BrClN2O6/c1-2-35-27(34)22(14-32)31-13-19-11-21(29)24(12-23(19)37-16-25(30)33)36-15-18-9-6-10-20(26(18)28)17-7-4-3-5-8-17/h3-12,22,31-32H,2,13-16H2,1H3,(H2,30,33)/t22-/m0/s1. The second-order valence-electron chi connectivity index (χ2n) is 7.95. The van der Waals surface area contributed by atoms with Gasteiger partial charge in [-0.3, -0.25) is 14.9 Å². The van der Waals surface area contributed by atoms with Gasteiger partial charge >= 0.3 is 5.97 Å². The number of hydrogen-bond acceptors (Lipinski definition) is 7. The molecule has 0 saturated carbocycles. The highest BCUT2D eigenvalue weighted by Gasteiger charge is 2.20. The van der Waals surface area contributed by atoms with Gasteiger partial charge in [0.05, 0.1) is 18.2 Å². The van der Waals surface area contributed by atoms with Gasteiger partial charge < -0.3 is 25.1 Å². The predicted octanol–water partition coefficient (Wildman–Crippen LogP) is 4.23. The van der Waals surface area contributed by atoms with Gasteiger partial charge in [0, 0.05) is 28.2 Å². The maximum Gasteiger partial charge on any atom is 0.325 e. The van der Waals surface area contributed by atoms with Gasteiger partial charge in [0.2, 0.25) is 0 Å². The number of carbonyl (C=O) groups is 2. The first kappa shape index (κ1) is 28.5. The highest BCUT2D eigenvalue weighted by atomic mass is 79.9.